The molecule has 0 aromatic heterocycles. The van der Waals surface area contributed by atoms with Gasteiger partial charge in [-0.3, -0.25) is 14.5 Å². The monoisotopic (exact) mass is 320 g/mol. The van der Waals surface area contributed by atoms with Gasteiger partial charge >= 0.3 is 5.97 Å². The molecule has 3 rings (SSSR count). The second-order valence-electron chi connectivity index (χ2n) is 6.08. The first-order valence-corrected chi connectivity index (χ1v) is 7.62. The van der Waals surface area contributed by atoms with E-state index >= 15 is 0 Å². The minimum atomic E-state index is -1.03. The molecule has 2 heterocycles. The third kappa shape index (κ3) is 2.77. The molecule has 1 amide bonds. The van der Waals surface area contributed by atoms with E-state index in [2.05, 4.69) is 5.32 Å². The Morgan fingerprint density at radius 1 is 1.43 bits per heavy atom. The maximum absolute atomic E-state index is 11.9. The summed E-state index contributed by atoms with van der Waals surface area (Å²) in [6.07, 6.45) is 0. The van der Waals surface area contributed by atoms with Gasteiger partial charge in [-0.15, -0.1) is 0 Å². The number of ether oxygens (including phenoxy) is 1. The van der Waals surface area contributed by atoms with Gasteiger partial charge in [0.25, 0.3) is 0 Å². The van der Waals surface area contributed by atoms with Crippen molar-refractivity contribution in [2.45, 2.75) is 6.54 Å². The summed E-state index contributed by atoms with van der Waals surface area (Å²) in [5, 5.41) is 21.1. The second kappa shape index (κ2) is 6.17. The van der Waals surface area contributed by atoms with Crippen LogP contribution in [0.15, 0.2) is 24.3 Å². The quantitative estimate of drug-likeness (QED) is 0.665. The first-order chi connectivity index (χ1) is 11.1. The number of carbonyl (C=O) groups is 2. The molecule has 0 unspecified atom stereocenters. The number of amides is 1. The summed E-state index contributed by atoms with van der Waals surface area (Å²) in [6, 6.07) is 7.47. The lowest BCUT2D eigenvalue weighted by Gasteiger charge is -2.22. The molecule has 0 aliphatic carbocycles. The minimum absolute atomic E-state index is 0.0670. The molecule has 1 aromatic rings. The van der Waals surface area contributed by atoms with E-state index in [1.807, 2.05) is 29.2 Å². The van der Waals surface area contributed by atoms with E-state index in [1.165, 1.54) is 0 Å². The molecule has 3 N–H and O–H groups in total. The van der Waals surface area contributed by atoms with Crippen molar-refractivity contribution in [2.75, 3.05) is 32.8 Å². The van der Waals surface area contributed by atoms with Crippen LogP contribution in [0.2, 0.25) is 0 Å². The number of hydrogen-bond donors (Lipinski definition) is 3. The smallest absolute Gasteiger partial charge is 0.313 e. The molecule has 2 fully saturated rings. The van der Waals surface area contributed by atoms with Gasteiger partial charge in [0.2, 0.25) is 5.91 Å². The summed E-state index contributed by atoms with van der Waals surface area (Å²) in [5.74, 6) is -0.939. The number of nitrogens with one attached hydrogen (secondary N) is 1. The van der Waals surface area contributed by atoms with Crippen molar-refractivity contribution in [2.24, 2.45) is 11.3 Å². The van der Waals surface area contributed by atoms with Gasteiger partial charge in [0, 0.05) is 31.7 Å². The Morgan fingerprint density at radius 3 is 2.91 bits per heavy atom. The van der Waals surface area contributed by atoms with Gasteiger partial charge in [-0.1, -0.05) is 18.2 Å². The van der Waals surface area contributed by atoms with E-state index in [1.54, 1.807) is 0 Å². The Hall–Kier alpha value is -2.12. The number of rotatable bonds is 6. The van der Waals surface area contributed by atoms with Crippen molar-refractivity contribution < 1.29 is 24.5 Å². The lowest BCUT2D eigenvalue weighted by molar-refractivity contribution is -0.149. The van der Waals surface area contributed by atoms with Crippen molar-refractivity contribution >= 4 is 11.9 Å². The molecule has 0 saturated carbocycles. The van der Waals surface area contributed by atoms with Crippen LogP contribution in [0.3, 0.4) is 0 Å². The van der Waals surface area contributed by atoms with Crippen LogP contribution in [0.5, 0.6) is 5.75 Å². The van der Waals surface area contributed by atoms with Crippen LogP contribution in [-0.4, -0.2) is 59.8 Å². The van der Waals surface area contributed by atoms with Crippen LogP contribution in [0, 0.1) is 11.3 Å². The lowest BCUT2D eigenvalue weighted by Crippen LogP contribution is -2.40. The number of aliphatic hydroxyl groups is 1. The fourth-order valence-electron chi connectivity index (χ4n) is 3.47. The van der Waals surface area contributed by atoms with E-state index in [0.29, 0.717) is 25.4 Å². The fraction of sp³-hybridized carbons (Fsp3) is 0.500. The van der Waals surface area contributed by atoms with Crippen molar-refractivity contribution in [3.63, 3.8) is 0 Å². The fourth-order valence-corrected chi connectivity index (χ4v) is 3.47. The van der Waals surface area contributed by atoms with Crippen molar-refractivity contribution in [3.8, 4) is 5.75 Å². The molecule has 0 bridgehead atoms. The van der Waals surface area contributed by atoms with Crippen LogP contribution in [-0.2, 0) is 16.1 Å². The highest BCUT2D eigenvalue weighted by Crippen LogP contribution is 2.40. The largest absolute Gasteiger partial charge is 0.491 e. The van der Waals surface area contributed by atoms with Crippen molar-refractivity contribution in [3.05, 3.63) is 29.8 Å². The first kappa shape index (κ1) is 15.8. The second-order valence-corrected chi connectivity index (χ2v) is 6.08. The SMILES string of the molecule is O=C1NC[C@@]2(C(=O)O)CN(Cc3ccccc3OCCO)C[C@@H]12. The van der Waals surface area contributed by atoms with Crippen LogP contribution in [0.1, 0.15) is 5.56 Å². The zero-order valence-electron chi connectivity index (χ0n) is 12.7. The number of likely N-dealkylation sites (tertiary alicyclic amines) is 1. The Balaban J connectivity index is 1.76. The molecule has 23 heavy (non-hydrogen) atoms. The molecule has 2 saturated heterocycles. The number of hydrogen-bond acceptors (Lipinski definition) is 5. The van der Waals surface area contributed by atoms with Gasteiger partial charge in [0.1, 0.15) is 17.8 Å². The van der Waals surface area contributed by atoms with Gasteiger partial charge < -0.3 is 20.3 Å². The topological polar surface area (TPSA) is 99.1 Å². The molecule has 2 atom stereocenters. The van der Waals surface area contributed by atoms with Gasteiger partial charge in [0.15, 0.2) is 0 Å². The van der Waals surface area contributed by atoms with Crippen LogP contribution >= 0.6 is 0 Å². The van der Waals surface area contributed by atoms with Crippen LogP contribution in [0.25, 0.3) is 0 Å². The third-order valence-electron chi connectivity index (χ3n) is 4.65. The number of para-hydroxylation sites is 1. The number of carboxylic acid groups (broad SMARTS) is 1. The molecule has 2 aliphatic rings. The van der Waals surface area contributed by atoms with E-state index in [4.69, 9.17) is 9.84 Å². The Morgan fingerprint density at radius 2 is 2.22 bits per heavy atom. The summed E-state index contributed by atoms with van der Waals surface area (Å²) in [5.41, 5.74) is -0.111. The molecule has 1 aromatic carbocycles. The first-order valence-electron chi connectivity index (χ1n) is 7.62. The Bertz CT molecular complexity index is 620. The molecular weight excluding hydrogens is 300 g/mol. The molecule has 0 spiro atoms. The maximum Gasteiger partial charge on any atom is 0.313 e. The van der Waals surface area contributed by atoms with E-state index in [9.17, 15) is 14.7 Å². The Labute approximate surface area is 133 Å². The normalized spacial score (nSPS) is 26.8. The standard InChI is InChI=1S/C16H20N2O5/c19-5-6-23-13-4-2-1-3-11(13)7-18-8-12-14(20)17-9-16(12,10-18)15(21)22/h1-4,12,19H,5-10H2,(H,17,20)(H,21,22)/t12-,16+/m0/s1. The van der Waals surface area contributed by atoms with E-state index in [0.717, 1.165) is 5.56 Å². The van der Waals surface area contributed by atoms with Gasteiger partial charge in [-0.25, -0.2) is 0 Å². The number of aliphatic carboxylic acids is 1. The molecule has 7 nitrogen and oxygen atoms in total. The number of benzene rings is 1. The van der Waals surface area contributed by atoms with Crippen LogP contribution in [0.4, 0.5) is 0 Å². The number of carboxylic acids is 1. The summed E-state index contributed by atoms with van der Waals surface area (Å²) < 4.78 is 5.51. The summed E-state index contributed by atoms with van der Waals surface area (Å²) in [7, 11) is 0. The summed E-state index contributed by atoms with van der Waals surface area (Å²) >= 11 is 0. The predicted molar refractivity (Wildman–Crippen MR) is 80.9 cm³/mol. The predicted octanol–water partition coefficient (Wildman–Crippen LogP) is -0.310. The highest BCUT2D eigenvalue weighted by molar-refractivity contribution is 5.92. The minimum Gasteiger partial charge on any atom is -0.491 e. The third-order valence-corrected chi connectivity index (χ3v) is 4.65. The molecule has 7 heteroatoms. The number of fused-ring (bicyclic) bond motifs is 1. The molecule has 2 aliphatic heterocycles. The van der Waals surface area contributed by atoms with Gasteiger partial charge in [-0.05, 0) is 6.07 Å². The number of aliphatic hydroxyl groups excluding tert-OH is 1. The van der Waals surface area contributed by atoms with Gasteiger partial charge in [0.05, 0.1) is 12.5 Å². The van der Waals surface area contributed by atoms with Crippen molar-refractivity contribution in [1.29, 1.82) is 0 Å². The summed E-state index contributed by atoms with van der Waals surface area (Å²) in [6.45, 7) is 1.60. The zero-order chi connectivity index (χ0) is 16.4. The zero-order valence-corrected chi connectivity index (χ0v) is 12.7. The number of carbonyl (C=O) groups excluding carboxylic acids is 1. The van der Waals surface area contributed by atoms with E-state index < -0.39 is 17.3 Å². The molecule has 0 radical (unpaired) electrons. The summed E-state index contributed by atoms with van der Waals surface area (Å²) in [4.78, 5) is 25.6. The van der Waals surface area contributed by atoms with Crippen LogP contribution < -0.4 is 10.1 Å². The molecular formula is C16H20N2O5. The lowest BCUT2D eigenvalue weighted by atomic mass is 9.81. The average molecular weight is 320 g/mol. The number of nitrogens with zero attached hydrogens (tertiary/aromatic N) is 1. The Kier molecular flexibility index (Phi) is 4.23. The highest BCUT2D eigenvalue weighted by Gasteiger charge is 2.59. The van der Waals surface area contributed by atoms with E-state index in [-0.39, 0.29) is 25.7 Å². The molecule has 124 valence electrons. The average Bonchev–Trinajstić information content (AvgIpc) is 3.05. The maximum atomic E-state index is 11.9. The van der Waals surface area contributed by atoms with Crippen molar-refractivity contribution in [1.82, 2.24) is 10.2 Å². The highest BCUT2D eigenvalue weighted by atomic mass is 16.5. The van der Waals surface area contributed by atoms with Gasteiger partial charge in [-0.2, -0.15) is 0 Å².